The first-order chi connectivity index (χ1) is 6.82. The molecule has 0 aromatic heterocycles. The number of hydrogen-bond acceptors (Lipinski definition) is 3. The molecule has 0 saturated carbocycles. The van der Waals surface area contributed by atoms with Crippen LogP contribution in [-0.2, 0) is 4.79 Å². The minimum absolute atomic E-state index is 0.310. The van der Waals surface area contributed by atoms with Crippen molar-refractivity contribution < 1.29 is 18.0 Å². The van der Waals surface area contributed by atoms with Gasteiger partial charge in [0.1, 0.15) is 6.04 Å². The zero-order valence-electron chi connectivity index (χ0n) is 8.77. The topological polar surface area (TPSA) is 58.4 Å². The van der Waals surface area contributed by atoms with E-state index in [-0.39, 0.29) is 6.54 Å². The lowest BCUT2D eigenvalue weighted by atomic mass is 10.2. The maximum absolute atomic E-state index is 12.4. The van der Waals surface area contributed by atoms with Crippen molar-refractivity contribution in [3.63, 3.8) is 0 Å². The highest BCUT2D eigenvalue weighted by atomic mass is 19.4. The number of hydrogen-bond donors (Lipinski definition) is 2. The Bertz CT molecular complexity index is 208. The number of carbonyl (C=O) groups is 1. The molecule has 1 atom stereocenters. The van der Waals surface area contributed by atoms with Gasteiger partial charge >= 0.3 is 6.18 Å². The SMILES string of the molecule is CCNC(=O)CN(C)C(CN)C(F)(F)F. The molecule has 0 fully saturated rings. The van der Waals surface area contributed by atoms with Crippen LogP contribution in [0.2, 0.25) is 0 Å². The van der Waals surface area contributed by atoms with Crippen molar-refractivity contribution in [2.45, 2.75) is 19.1 Å². The predicted molar refractivity (Wildman–Crippen MR) is 50.2 cm³/mol. The zero-order valence-corrected chi connectivity index (χ0v) is 8.77. The molecule has 0 heterocycles. The van der Waals surface area contributed by atoms with Crippen molar-refractivity contribution in [2.24, 2.45) is 5.73 Å². The average Bonchev–Trinajstić information content (AvgIpc) is 2.02. The quantitative estimate of drug-likeness (QED) is 0.692. The van der Waals surface area contributed by atoms with Crippen LogP contribution in [0.25, 0.3) is 0 Å². The third kappa shape index (κ3) is 4.98. The fraction of sp³-hybridized carbons (Fsp3) is 0.875. The first-order valence-electron chi connectivity index (χ1n) is 4.56. The van der Waals surface area contributed by atoms with Crippen LogP contribution in [0, 0.1) is 0 Å². The Morgan fingerprint density at radius 1 is 1.53 bits per heavy atom. The highest BCUT2D eigenvalue weighted by molar-refractivity contribution is 5.77. The van der Waals surface area contributed by atoms with Gasteiger partial charge in [-0.15, -0.1) is 0 Å². The third-order valence-electron chi connectivity index (χ3n) is 1.90. The Balaban J connectivity index is 4.28. The first-order valence-corrected chi connectivity index (χ1v) is 4.56. The van der Waals surface area contributed by atoms with Gasteiger partial charge in [0.05, 0.1) is 6.54 Å². The molecule has 1 unspecified atom stereocenters. The van der Waals surface area contributed by atoms with Gasteiger partial charge in [0.2, 0.25) is 5.91 Å². The van der Waals surface area contributed by atoms with Gasteiger partial charge in [-0.25, -0.2) is 0 Å². The summed E-state index contributed by atoms with van der Waals surface area (Å²) in [4.78, 5) is 11.9. The van der Waals surface area contributed by atoms with E-state index < -0.39 is 24.7 Å². The molecule has 0 spiro atoms. The fourth-order valence-corrected chi connectivity index (χ4v) is 1.15. The van der Waals surface area contributed by atoms with Gasteiger partial charge in [0, 0.05) is 13.1 Å². The van der Waals surface area contributed by atoms with Crippen LogP contribution >= 0.6 is 0 Å². The van der Waals surface area contributed by atoms with Crippen molar-refractivity contribution in [1.82, 2.24) is 10.2 Å². The van der Waals surface area contributed by atoms with E-state index in [2.05, 4.69) is 5.32 Å². The Hall–Kier alpha value is -0.820. The number of halogens is 3. The van der Waals surface area contributed by atoms with E-state index in [0.29, 0.717) is 6.54 Å². The summed E-state index contributed by atoms with van der Waals surface area (Å²) in [6.45, 7) is 1.22. The number of nitrogens with two attached hydrogens (primary N) is 1. The molecular formula is C8H16F3N3O. The van der Waals surface area contributed by atoms with Crippen molar-refractivity contribution in [2.75, 3.05) is 26.7 Å². The summed E-state index contributed by atoms with van der Waals surface area (Å²) in [5.41, 5.74) is 5.02. The normalized spacial score (nSPS) is 14.1. The van der Waals surface area contributed by atoms with Crippen LogP contribution in [0.3, 0.4) is 0 Å². The molecule has 4 nitrogen and oxygen atoms in total. The first kappa shape index (κ1) is 14.2. The highest BCUT2D eigenvalue weighted by Crippen LogP contribution is 2.22. The number of amides is 1. The monoisotopic (exact) mass is 227 g/mol. The van der Waals surface area contributed by atoms with Crippen LogP contribution in [-0.4, -0.2) is 49.7 Å². The van der Waals surface area contributed by atoms with Gasteiger partial charge in [-0.3, -0.25) is 9.69 Å². The molecule has 0 aliphatic rings. The highest BCUT2D eigenvalue weighted by Gasteiger charge is 2.41. The van der Waals surface area contributed by atoms with Gasteiger partial charge < -0.3 is 11.1 Å². The Labute approximate surface area is 86.6 Å². The molecule has 0 radical (unpaired) electrons. The summed E-state index contributed by atoms with van der Waals surface area (Å²) >= 11 is 0. The second-order valence-electron chi connectivity index (χ2n) is 3.16. The molecule has 1 amide bonds. The number of nitrogens with one attached hydrogen (secondary N) is 1. The van der Waals surface area contributed by atoms with Crippen LogP contribution in [0.15, 0.2) is 0 Å². The second-order valence-corrected chi connectivity index (χ2v) is 3.16. The Morgan fingerprint density at radius 3 is 2.40 bits per heavy atom. The summed E-state index contributed by atoms with van der Waals surface area (Å²) in [6.07, 6.45) is -4.41. The van der Waals surface area contributed by atoms with Crippen LogP contribution in [0.5, 0.6) is 0 Å². The molecule has 0 aromatic rings. The summed E-state index contributed by atoms with van der Waals surface area (Å²) in [5, 5.41) is 2.42. The van der Waals surface area contributed by atoms with Crippen LogP contribution in [0.1, 0.15) is 6.92 Å². The maximum Gasteiger partial charge on any atom is 0.405 e. The molecule has 15 heavy (non-hydrogen) atoms. The summed E-state index contributed by atoms with van der Waals surface area (Å²) in [5.74, 6) is -0.442. The summed E-state index contributed by atoms with van der Waals surface area (Å²) in [7, 11) is 1.22. The van der Waals surface area contributed by atoms with Crippen molar-refractivity contribution >= 4 is 5.91 Å². The van der Waals surface area contributed by atoms with Gasteiger partial charge in [-0.05, 0) is 14.0 Å². The molecule has 7 heteroatoms. The van der Waals surface area contributed by atoms with E-state index in [4.69, 9.17) is 5.73 Å². The number of rotatable bonds is 5. The summed E-state index contributed by atoms with van der Waals surface area (Å²) < 4.78 is 37.1. The van der Waals surface area contributed by atoms with E-state index in [9.17, 15) is 18.0 Å². The van der Waals surface area contributed by atoms with Gasteiger partial charge in [0.15, 0.2) is 0 Å². The maximum atomic E-state index is 12.4. The molecule has 0 aliphatic carbocycles. The molecule has 0 aromatic carbocycles. The molecular weight excluding hydrogens is 211 g/mol. The smallest absolute Gasteiger partial charge is 0.355 e. The van der Waals surface area contributed by atoms with E-state index in [1.54, 1.807) is 6.92 Å². The number of nitrogens with zero attached hydrogens (tertiary/aromatic N) is 1. The minimum atomic E-state index is -4.41. The number of likely N-dealkylation sites (N-methyl/N-ethyl adjacent to an activating group) is 2. The number of alkyl halides is 3. The van der Waals surface area contributed by atoms with Gasteiger partial charge in [-0.2, -0.15) is 13.2 Å². The molecule has 3 N–H and O–H groups in total. The molecule has 0 rings (SSSR count). The van der Waals surface area contributed by atoms with Crippen LogP contribution < -0.4 is 11.1 Å². The Kier molecular flexibility index (Phi) is 5.59. The van der Waals surface area contributed by atoms with Crippen molar-refractivity contribution in [3.8, 4) is 0 Å². The van der Waals surface area contributed by atoms with Gasteiger partial charge in [-0.1, -0.05) is 0 Å². The predicted octanol–water partition coefficient (Wildman–Crippen LogP) is -0.0561. The molecule has 0 bridgehead atoms. The molecule has 90 valence electrons. The lowest BCUT2D eigenvalue weighted by Gasteiger charge is -2.28. The fourth-order valence-electron chi connectivity index (χ4n) is 1.15. The van der Waals surface area contributed by atoms with Gasteiger partial charge in [0.25, 0.3) is 0 Å². The number of carbonyl (C=O) groups excluding carboxylic acids is 1. The Morgan fingerprint density at radius 2 is 2.07 bits per heavy atom. The minimum Gasteiger partial charge on any atom is -0.355 e. The standard InChI is InChI=1S/C8H16F3N3O/c1-3-13-7(15)5-14(2)6(4-12)8(9,10)11/h6H,3-5,12H2,1-2H3,(H,13,15). The summed E-state index contributed by atoms with van der Waals surface area (Å²) in [6, 6.07) is -1.78. The van der Waals surface area contributed by atoms with E-state index in [1.165, 1.54) is 7.05 Å². The third-order valence-corrected chi connectivity index (χ3v) is 1.90. The van der Waals surface area contributed by atoms with Crippen molar-refractivity contribution in [3.05, 3.63) is 0 Å². The van der Waals surface area contributed by atoms with E-state index >= 15 is 0 Å². The lowest BCUT2D eigenvalue weighted by Crippen LogP contribution is -2.51. The second kappa shape index (κ2) is 5.92. The molecule has 0 aliphatic heterocycles. The zero-order chi connectivity index (χ0) is 12.1. The lowest BCUT2D eigenvalue weighted by molar-refractivity contribution is -0.178. The van der Waals surface area contributed by atoms with E-state index in [0.717, 1.165) is 4.90 Å². The molecule has 0 saturated heterocycles. The average molecular weight is 227 g/mol. The van der Waals surface area contributed by atoms with Crippen molar-refractivity contribution in [1.29, 1.82) is 0 Å². The van der Waals surface area contributed by atoms with E-state index in [1.807, 2.05) is 0 Å². The largest absolute Gasteiger partial charge is 0.405 e. The van der Waals surface area contributed by atoms with Crippen LogP contribution in [0.4, 0.5) is 13.2 Å².